The molecule has 1 aliphatic rings. The van der Waals surface area contributed by atoms with Gasteiger partial charge in [0.15, 0.2) is 0 Å². The molecule has 1 heterocycles. The molecule has 0 saturated carbocycles. The van der Waals surface area contributed by atoms with Crippen LogP contribution in [0.3, 0.4) is 0 Å². The maximum absolute atomic E-state index is 13.5. The zero-order chi connectivity index (χ0) is 20.8. The van der Waals surface area contributed by atoms with Gasteiger partial charge in [-0.3, -0.25) is 4.79 Å². The number of hydrogen-bond acceptors (Lipinski definition) is 3. The van der Waals surface area contributed by atoms with Gasteiger partial charge in [-0.15, -0.1) is 0 Å². The van der Waals surface area contributed by atoms with Gasteiger partial charge in [-0.05, 0) is 49.6 Å². The van der Waals surface area contributed by atoms with E-state index in [0.29, 0.717) is 16.9 Å². The number of phenolic OH excluding ortho intramolecular Hbond substituents is 1. The second-order valence-corrected chi connectivity index (χ2v) is 8.62. The topological polar surface area (TPSA) is 66.6 Å². The van der Waals surface area contributed by atoms with Gasteiger partial charge in [0.25, 0.3) is 5.91 Å². The minimum atomic E-state index is -0.479. The van der Waals surface area contributed by atoms with Crippen LogP contribution in [0.25, 0.3) is 0 Å². The van der Waals surface area contributed by atoms with Crippen molar-refractivity contribution in [2.75, 3.05) is 10.6 Å². The number of nitrogens with zero attached hydrogens (tertiary/aromatic N) is 1. The molecule has 0 fully saturated rings. The number of amides is 1. The van der Waals surface area contributed by atoms with Crippen molar-refractivity contribution in [3.63, 3.8) is 0 Å². The molecule has 0 saturated heterocycles. The molecule has 29 heavy (non-hydrogen) atoms. The van der Waals surface area contributed by atoms with Gasteiger partial charge in [0.05, 0.1) is 11.4 Å². The molecule has 1 amide bonds. The number of rotatable bonds is 2. The van der Waals surface area contributed by atoms with Crippen molar-refractivity contribution in [1.29, 1.82) is 0 Å². The Morgan fingerprint density at radius 2 is 1.55 bits per heavy atom. The van der Waals surface area contributed by atoms with Crippen molar-refractivity contribution < 1.29 is 9.90 Å². The third-order valence-electron chi connectivity index (χ3n) is 6.01. The second-order valence-electron chi connectivity index (χ2n) is 8.62. The van der Waals surface area contributed by atoms with Crippen LogP contribution in [-0.2, 0) is 5.41 Å². The third-order valence-corrected chi connectivity index (χ3v) is 6.01. The summed E-state index contributed by atoms with van der Waals surface area (Å²) >= 11 is 0. The van der Waals surface area contributed by atoms with E-state index >= 15 is 0 Å². The lowest BCUT2D eigenvalue weighted by atomic mass is 9.65. The van der Waals surface area contributed by atoms with Gasteiger partial charge in [0.1, 0.15) is 5.75 Å². The third kappa shape index (κ3) is 3.05. The van der Waals surface area contributed by atoms with Crippen molar-refractivity contribution in [2.24, 2.45) is 0 Å². The van der Waals surface area contributed by atoms with Crippen LogP contribution in [0.4, 0.5) is 11.4 Å². The molecule has 1 aliphatic heterocycles. The summed E-state index contributed by atoms with van der Waals surface area (Å²) in [4.78, 5) is 15.3. The molecule has 1 atom stereocenters. The first-order valence-electron chi connectivity index (χ1n) is 9.82. The number of anilines is 2. The molecule has 4 heteroatoms. The largest absolute Gasteiger partial charge is 0.506 e. The van der Waals surface area contributed by atoms with Crippen molar-refractivity contribution in [1.82, 2.24) is 0 Å². The van der Waals surface area contributed by atoms with Crippen molar-refractivity contribution >= 4 is 17.3 Å². The highest BCUT2D eigenvalue weighted by atomic mass is 16.3. The monoisotopic (exact) mass is 386 g/mol. The minimum Gasteiger partial charge on any atom is -0.506 e. The summed E-state index contributed by atoms with van der Waals surface area (Å²) in [5.41, 5.74) is 9.00. The number of nitrogens with two attached hydrogens (primary N) is 1. The van der Waals surface area contributed by atoms with Gasteiger partial charge >= 0.3 is 0 Å². The lowest BCUT2D eigenvalue weighted by Crippen LogP contribution is -2.55. The number of phenols is 1. The molecule has 148 valence electrons. The number of aromatic hydroxyl groups is 1. The molecule has 4 rings (SSSR count). The lowest BCUT2D eigenvalue weighted by molar-refractivity contribution is 0.0948. The normalized spacial score (nSPS) is 20.2. The van der Waals surface area contributed by atoms with E-state index in [-0.39, 0.29) is 17.1 Å². The maximum Gasteiger partial charge on any atom is 0.258 e. The Hall–Kier alpha value is -3.27. The zero-order valence-corrected chi connectivity index (χ0v) is 17.0. The number of hydrogen-bond donors (Lipinski definition) is 2. The Morgan fingerprint density at radius 3 is 2.17 bits per heavy atom. The van der Waals surface area contributed by atoms with Crippen LogP contribution in [-0.4, -0.2) is 16.6 Å². The predicted octanol–water partition coefficient (Wildman–Crippen LogP) is 5.11. The van der Waals surface area contributed by atoms with E-state index < -0.39 is 5.54 Å². The lowest BCUT2D eigenvalue weighted by Gasteiger charge is -2.51. The first-order chi connectivity index (χ1) is 13.7. The van der Waals surface area contributed by atoms with E-state index in [9.17, 15) is 9.90 Å². The highest BCUT2D eigenvalue weighted by Crippen LogP contribution is 2.52. The van der Waals surface area contributed by atoms with Crippen LogP contribution in [0.2, 0.25) is 0 Å². The number of carbonyl (C=O) groups excluding carboxylic acids is 1. The van der Waals surface area contributed by atoms with E-state index in [1.54, 1.807) is 6.07 Å². The second kappa shape index (κ2) is 6.66. The summed E-state index contributed by atoms with van der Waals surface area (Å²) in [7, 11) is 0. The molecule has 0 aliphatic carbocycles. The van der Waals surface area contributed by atoms with Crippen molar-refractivity contribution in [3.05, 3.63) is 89.5 Å². The van der Waals surface area contributed by atoms with Gasteiger partial charge < -0.3 is 15.7 Å². The SMILES string of the molecule is CC1(c2ccccc2)CC(C)(C)N(C(=O)c2ccccc2)c2cc(O)c(N)cc21. The Labute approximate surface area is 171 Å². The molecule has 0 aromatic heterocycles. The average molecular weight is 386 g/mol. The fourth-order valence-electron chi connectivity index (χ4n) is 4.74. The molecule has 3 aromatic carbocycles. The Kier molecular flexibility index (Phi) is 4.38. The summed E-state index contributed by atoms with van der Waals surface area (Å²) in [6, 6.07) is 23.0. The van der Waals surface area contributed by atoms with Gasteiger partial charge in [-0.1, -0.05) is 55.5 Å². The van der Waals surface area contributed by atoms with Crippen molar-refractivity contribution in [2.45, 2.75) is 38.1 Å². The molecule has 0 bridgehead atoms. The van der Waals surface area contributed by atoms with Crippen LogP contribution in [0.1, 0.15) is 48.7 Å². The summed E-state index contributed by atoms with van der Waals surface area (Å²) in [6.45, 7) is 6.33. The zero-order valence-electron chi connectivity index (χ0n) is 17.0. The number of fused-ring (bicyclic) bond motifs is 1. The standard InChI is InChI=1S/C25H26N2O2/c1-24(2)16-25(3,18-12-8-5-9-13-18)19-14-20(26)22(28)15-21(19)27(24)23(29)17-10-6-4-7-11-17/h4-15,28H,16,26H2,1-3H3. The van der Waals surface area contributed by atoms with Gasteiger partial charge in [0.2, 0.25) is 0 Å². The first kappa shape index (κ1) is 19.1. The highest BCUT2D eigenvalue weighted by Gasteiger charge is 2.48. The Morgan fingerprint density at radius 1 is 0.966 bits per heavy atom. The molecule has 1 unspecified atom stereocenters. The summed E-state index contributed by atoms with van der Waals surface area (Å²) < 4.78 is 0. The number of carbonyl (C=O) groups is 1. The maximum atomic E-state index is 13.5. The van der Waals surface area contributed by atoms with E-state index in [1.165, 1.54) is 0 Å². The van der Waals surface area contributed by atoms with E-state index in [0.717, 1.165) is 17.5 Å². The van der Waals surface area contributed by atoms with Gasteiger partial charge in [-0.25, -0.2) is 0 Å². The fraction of sp³-hybridized carbons (Fsp3) is 0.240. The molecular weight excluding hydrogens is 360 g/mol. The van der Waals surface area contributed by atoms with Crippen LogP contribution >= 0.6 is 0 Å². The summed E-state index contributed by atoms with van der Waals surface area (Å²) in [5.74, 6) is -0.0983. The van der Waals surface area contributed by atoms with Crippen LogP contribution in [0.5, 0.6) is 5.75 Å². The highest BCUT2D eigenvalue weighted by molar-refractivity contribution is 6.08. The predicted molar refractivity (Wildman–Crippen MR) is 117 cm³/mol. The molecule has 0 radical (unpaired) electrons. The van der Waals surface area contributed by atoms with Gasteiger partial charge in [-0.2, -0.15) is 0 Å². The quantitative estimate of drug-likeness (QED) is 0.475. The average Bonchev–Trinajstić information content (AvgIpc) is 2.70. The summed E-state index contributed by atoms with van der Waals surface area (Å²) in [5, 5.41) is 10.4. The molecule has 3 aromatic rings. The smallest absolute Gasteiger partial charge is 0.258 e. The molecule has 0 spiro atoms. The van der Waals surface area contributed by atoms with Crippen LogP contribution in [0, 0.1) is 0 Å². The summed E-state index contributed by atoms with van der Waals surface area (Å²) in [6.07, 6.45) is 0.722. The molecule has 4 nitrogen and oxygen atoms in total. The number of nitrogen functional groups attached to an aromatic ring is 1. The van der Waals surface area contributed by atoms with Gasteiger partial charge in [0, 0.05) is 22.6 Å². The Balaban J connectivity index is 1.97. The van der Waals surface area contributed by atoms with Crippen LogP contribution < -0.4 is 10.6 Å². The minimum absolute atomic E-state index is 0.0114. The molecule has 3 N–H and O–H groups in total. The van der Waals surface area contributed by atoms with Crippen molar-refractivity contribution in [3.8, 4) is 5.75 Å². The first-order valence-corrected chi connectivity index (χ1v) is 9.82. The number of benzene rings is 3. The van der Waals surface area contributed by atoms with E-state index in [1.807, 2.05) is 59.5 Å². The fourth-order valence-corrected chi connectivity index (χ4v) is 4.74. The Bertz CT molecular complexity index is 1060. The van der Waals surface area contributed by atoms with Crippen LogP contribution in [0.15, 0.2) is 72.8 Å². The van der Waals surface area contributed by atoms with E-state index in [2.05, 4.69) is 32.9 Å². The molecular formula is C25H26N2O2. The van der Waals surface area contributed by atoms with E-state index in [4.69, 9.17) is 5.73 Å².